The van der Waals surface area contributed by atoms with E-state index in [0.29, 0.717) is 6.61 Å². The van der Waals surface area contributed by atoms with Gasteiger partial charge in [0.1, 0.15) is 5.75 Å². The normalized spacial score (nSPS) is 18.5. The van der Waals surface area contributed by atoms with Gasteiger partial charge in [0.05, 0.1) is 18.3 Å². The van der Waals surface area contributed by atoms with Gasteiger partial charge in [-0.25, -0.2) is 0 Å². The molecule has 1 unspecified atom stereocenters. The summed E-state index contributed by atoms with van der Waals surface area (Å²) in [5.41, 5.74) is 0.764. The van der Waals surface area contributed by atoms with Crippen molar-refractivity contribution in [1.82, 2.24) is 0 Å². The second-order valence-electron chi connectivity index (χ2n) is 4.94. The Bertz CT molecular complexity index is 436. The topological polar surface area (TPSA) is 65.0 Å². The highest BCUT2D eigenvalue weighted by molar-refractivity contribution is 6.62. The summed E-state index contributed by atoms with van der Waals surface area (Å²) in [7, 11) is -0.291. The number of benzene rings is 1. The molecule has 124 valence electrons. The maximum absolute atomic E-state index is 8.36. The first-order valence-electron chi connectivity index (χ1n) is 7.58. The fourth-order valence-electron chi connectivity index (χ4n) is 1.81. The molecular weight excluding hydrogens is 283 g/mol. The Labute approximate surface area is 133 Å². The van der Waals surface area contributed by atoms with Crippen LogP contribution in [0.25, 0.3) is 0 Å². The Kier molecular flexibility index (Phi) is 9.53. The first kappa shape index (κ1) is 20.5. The van der Waals surface area contributed by atoms with Crippen LogP contribution in [0, 0.1) is 0 Å². The van der Waals surface area contributed by atoms with Crippen LogP contribution in [0.4, 0.5) is 0 Å². The van der Waals surface area contributed by atoms with Crippen LogP contribution in [0.5, 0.6) is 5.75 Å². The van der Waals surface area contributed by atoms with Crippen LogP contribution in [0.15, 0.2) is 24.3 Å². The zero-order valence-electron chi connectivity index (χ0n) is 14.3. The minimum absolute atomic E-state index is 0.0863. The second kappa shape index (κ2) is 10.2. The van der Waals surface area contributed by atoms with Crippen molar-refractivity contribution in [1.29, 1.82) is 0 Å². The SMILES string of the molecule is CC.CCOc1cccc(B2OC(C)C(C)(C)O2)c1.O=CO. The molecule has 1 saturated heterocycles. The number of carbonyl (C=O) groups is 1. The molecule has 1 atom stereocenters. The molecule has 6 heteroatoms. The molecule has 1 heterocycles. The maximum atomic E-state index is 8.36. The highest BCUT2D eigenvalue weighted by Gasteiger charge is 2.43. The standard InChI is InChI=1S/C13H19BO3.C2H6.CH2O2/c1-5-15-12-8-6-7-11(9-12)14-16-10(2)13(3,4)17-14;1-2;2-1-3/h6-10H,5H2,1-4H3;1-2H3;1H,(H,2,3). The van der Waals surface area contributed by atoms with Gasteiger partial charge in [0.15, 0.2) is 0 Å². The third kappa shape index (κ3) is 6.07. The summed E-state index contributed by atoms with van der Waals surface area (Å²) in [5, 5.41) is 6.89. The van der Waals surface area contributed by atoms with Gasteiger partial charge >= 0.3 is 7.12 Å². The van der Waals surface area contributed by atoms with Crippen LogP contribution in [0.3, 0.4) is 0 Å². The molecule has 1 N–H and O–H groups in total. The van der Waals surface area contributed by atoms with E-state index in [9.17, 15) is 0 Å². The quantitative estimate of drug-likeness (QED) is 0.687. The Morgan fingerprint density at radius 3 is 2.45 bits per heavy atom. The Hall–Kier alpha value is -1.53. The van der Waals surface area contributed by atoms with Gasteiger partial charge in [-0.05, 0) is 45.3 Å². The van der Waals surface area contributed by atoms with Crippen LogP contribution in [0.2, 0.25) is 0 Å². The molecule has 0 aromatic heterocycles. The summed E-state index contributed by atoms with van der Waals surface area (Å²) in [6.45, 7) is 12.5. The first-order chi connectivity index (χ1) is 10.4. The lowest BCUT2D eigenvalue weighted by Crippen LogP contribution is -2.34. The summed E-state index contributed by atoms with van der Waals surface area (Å²) in [6.07, 6.45) is 0.0863. The zero-order valence-corrected chi connectivity index (χ0v) is 14.3. The molecule has 2 rings (SSSR count). The molecular formula is C16H27BO5. The van der Waals surface area contributed by atoms with E-state index in [2.05, 4.69) is 0 Å². The molecule has 1 aliphatic heterocycles. The summed E-state index contributed by atoms with van der Waals surface area (Å²) in [6, 6.07) is 7.88. The maximum Gasteiger partial charge on any atom is 0.494 e. The second-order valence-corrected chi connectivity index (χ2v) is 4.94. The molecule has 0 radical (unpaired) electrons. The minimum atomic E-state index is -0.291. The fourth-order valence-corrected chi connectivity index (χ4v) is 1.81. The van der Waals surface area contributed by atoms with Crippen molar-refractivity contribution in [2.75, 3.05) is 6.61 Å². The van der Waals surface area contributed by atoms with E-state index in [1.807, 2.05) is 65.8 Å². The van der Waals surface area contributed by atoms with Crippen molar-refractivity contribution < 1.29 is 23.9 Å². The predicted molar refractivity (Wildman–Crippen MR) is 88.8 cm³/mol. The van der Waals surface area contributed by atoms with Crippen molar-refractivity contribution in [2.45, 2.75) is 53.2 Å². The lowest BCUT2D eigenvalue weighted by atomic mass is 9.79. The van der Waals surface area contributed by atoms with Crippen LogP contribution in [-0.2, 0) is 14.1 Å². The molecule has 0 bridgehead atoms. The number of ether oxygens (including phenoxy) is 1. The van der Waals surface area contributed by atoms with Crippen LogP contribution >= 0.6 is 0 Å². The Balaban J connectivity index is 0.000000789. The average Bonchev–Trinajstić information content (AvgIpc) is 2.77. The molecule has 22 heavy (non-hydrogen) atoms. The van der Waals surface area contributed by atoms with Gasteiger partial charge in [-0.15, -0.1) is 0 Å². The fraction of sp³-hybridized carbons (Fsp3) is 0.562. The number of hydrogen-bond acceptors (Lipinski definition) is 4. The summed E-state index contributed by atoms with van der Waals surface area (Å²) >= 11 is 0. The van der Waals surface area contributed by atoms with E-state index in [4.69, 9.17) is 23.9 Å². The Morgan fingerprint density at radius 1 is 1.41 bits per heavy atom. The third-order valence-electron chi connectivity index (χ3n) is 3.16. The largest absolute Gasteiger partial charge is 0.494 e. The van der Waals surface area contributed by atoms with Crippen LogP contribution < -0.4 is 10.2 Å². The van der Waals surface area contributed by atoms with Gasteiger partial charge in [0.2, 0.25) is 0 Å². The van der Waals surface area contributed by atoms with E-state index in [1.165, 1.54) is 0 Å². The monoisotopic (exact) mass is 310 g/mol. The van der Waals surface area contributed by atoms with E-state index >= 15 is 0 Å². The van der Waals surface area contributed by atoms with Gasteiger partial charge in [0.25, 0.3) is 6.47 Å². The molecule has 0 saturated carbocycles. The lowest BCUT2D eigenvalue weighted by molar-refractivity contribution is -0.122. The summed E-state index contributed by atoms with van der Waals surface area (Å²) < 4.78 is 17.2. The predicted octanol–water partition coefficient (Wildman–Crippen LogP) is 2.72. The Morgan fingerprint density at radius 2 is 2.00 bits per heavy atom. The number of carboxylic acid groups (broad SMARTS) is 1. The lowest BCUT2D eigenvalue weighted by Gasteiger charge is -2.21. The molecule has 1 aromatic rings. The molecule has 1 fully saturated rings. The van der Waals surface area contributed by atoms with E-state index in [-0.39, 0.29) is 25.3 Å². The average molecular weight is 310 g/mol. The van der Waals surface area contributed by atoms with Crippen molar-refractivity contribution in [3.63, 3.8) is 0 Å². The van der Waals surface area contributed by atoms with Crippen LogP contribution in [-0.4, -0.2) is 37.0 Å². The molecule has 0 amide bonds. The molecule has 0 aliphatic carbocycles. The van der Waals surface area contributed by atoms with E-state index in [0.717, 1.165) is 11.2 Å². The molecule has 0 spiro atoms. The highest BCUT2D eigenvalue weighted by atomic mass is 16.7. The van der Waals surface area contributed by atoms with Crippen molar-refractivity contribution >= 4 is 19.1 Å². The van der Waals surface area contributed by atoms with E-state index < -0.39 is 0 Å². The molecule has 1 aliphatic rings. The third-order valence-corrected chi connectivity index (χ3v) is 3.16. The summed E-state index contributed by atoms with van der Waals surface area (Å²) in [5.74, 6) is 0.856. The smallest absolute Gasteiger partial charge is 0.494 e. The van der Waals surface area contributed by atoms with Gasteiger partial charge in [0, 0.05) is 0 Å². The van der Waals surface area contributed by atoms with Crippen molar-refractivity contribution in [3.8, 4) is 5.75 Å². The zero-order chi connectivity index (χ0) is 17.2. The van der Waals surface area contributed by atoms with Crippen molar-refractivity contribution in [2.24, 2.45) is 0 Å². The first-order valence-corrected chi connectivity index (χ1v) is 7.58. The minimum Gasteiger partial charge on any atom is -0.494 e. The molecule has 5 nitrogen and oxygen atoms in total. The van der Waals surface area contributed by atoms with Gasteiger partial charge in [-0.2, -0.15) is 0 Å². The highest BCUT2D eigenvalue weighted by Crippen LogP contribution is 2.27. The number of rotatable bonds is 3. The number of hydrogen-bond donors (Lipinski definition) is 1. The van der Waals surface area contributed by atoms with Gasteiger partial charge in [-0.3, -0.25) is 4.79 Å². The summed E-state index contributed by atoms with van der Waals surface area (Å²) in [4.78, 5) is 8.36. The van der Waals surface area contributed by atoms with Gasteiger partial charge in [-0.1, -0.05) is 26.0 Å². The van der Waals surface area contributed by atoms with Gasteiger partial charge < -0.3 is 19.2 Å². The molecule has 1 aromatic carbocycles. The van der Waals surface area contributed by atoms with E-state index in [1.54, 1.807) is 0 Å². The van der Waals surface area contributed by atoms with Crippen LogP contribution in [0.1, 0.15) is 41.5 Å². The van der Waals surface area contributed by atoms with Crippen molar-refractivity contribution in [3.05, 3.63) is 24.3 Å².